The highest BCUT2D eigenvalue weighted by molar-refractivity contribution is 5.76. The summed E-state index contributed by atoms with van der Waals surface area (Å²) in [6.45, 7) is 5.98. The van der Waals surface area contributed by atoms with Gasteiger partial charge in [0.1, 0.15) is 5.75 Å². The van der Waals surface area contributed by atoms with Crippen LogP contribution in [0.1, 0.15) is 24.0 Å². The van der Waals surface area contributed by atoms with E-state index in [4.69, 9.17) is 10.5 Å². The van der Waals surface area contributed by atoms with Crippen LogP contribution < -0.4 is 10.5 Å². The SMILES string of the molecule is Cc1cccc(OCCC(=O)N2CC[C@H](N)C2)c1C. The smallest absolute Gasteiger partial charge is 0.226 e. The van der Waals surface area contributed by atoms with Crippen molar-refractivity contribution in [3.05, 3.63) is 29.3 Å². The minimum absolute atomic E-state index is 0.137. The van der Waals surface area contributed by atoms with Crippen molar-refractivity contribution in [2.24, 2.45) is 5.73 Å². The molecular weight excluding hydrogens is 240 g/mol. The highest BCUT2D eigenvalue weighted by atomic mass is 16.5. The number of nitrogens with two attached hydrogens (primary N) is 1. The van der Waals surface area contributed by atoms with Gasteiger partial charge in [0.05, 0.1) is 13.0 Å². The Labute approximate surface area is 114 Å². The van der Waals surface area contributed by atoms with E-state index in [0.29, 0.717) is 19.6 Å². The summed E-state index contributed by atoms with van der Waals surface area (Å²) in [5.74, 6) is 1.00. The van der Waals surface area contributed by atoms with E-state index in [0.717, 1.165) is 24.3 Å². The summed E-state index contributed by atoms with van der Waals surface area (Å²) in [5, 5.41) is 0. The lowest BCUT2D eigenvalue weighted by atomic mass is 10.1. The maximum Gasteiger partial charge on any atom is 0.226 e. The Balaban J connectivity index is 1.80. The lowest BCUT2D eigenvalue weighted by Gasteiger charge is -2.16. The van der Waals surface area contributed by atoms with Crippen molar-refractivity contribution >= 4 is 5.91 Å². The fraction of sp³-hybridized carbons (Fsp3) is 0.533. The molecule has 1 aromatic carbocycles. The van der Waals surface area contributed by atoms with Gasteiger partial charge in [-0.15, -0.1) is 0 Å². The molecule has 1 atom stereocenters. The Morgan fingerprint density at radius 3 is 2.95 bits per heavy atom. The van der Waals surface area contributed by atoms with E-state index in [1.54, 1.807) is 0 Å². The summed E-state index contributed by atoms with van der Waals surface area (Å²) in [6.07, 6.45) is 1.32. The fourth-order valence-corrected chi connectivity index (χ4v) is 2.30. The van der Waals surface area contributed by atoms with Gasteiger partial charge in [-0.05, 0) is 37.5 Å². The predicted molar refractivity (Wildman–Crippen MR) is 75.2 cm³/mol. The van der Waals surface area contributed by atoms with Gasteiger partial charge in [-0.1, -0.05) is 12.1 Å². The van der Waals surface area contributed by atoms with Crippen molar-refractivity contribution in [1.29, 1.82) is 0 Å². The maximum atomic E-state index is 11.9. The third-order valence-corrected chi connectivity index (χ3v) is 3.71. The van der Waals surface area contributed by atoms with Gasteiger partial charge in [0.15, 0.2) is 0 Å². The van der Waals surface area contributed by atoms with Crippen molar-refractivity contribution < 1.29 is 9.53 Å². The Bertz CT molecular complexity index is 459. The van der Waals surface area contributed by atoms with Crippen molar-refractivity contribution in [2.75, 3.05) is 19.7 Å². The Morgan fingerprint density at radius 1 is 1.47 bits per heavy atom. The van der Waals surface area contributed by atoms with Crippen LogP contribution in [0.5, 0.6) is 5.75 Å². The Hall–Kier alpha value is -1.55. The van der Waals surface area contributed by atoms with Crippen LogP contribution in [0, 0.1) is 13.8 Å². The third kappa shape index (κ3) is 3.47. The van der Waals surface area contributed by atoms with Gasteiger partial charge in [-0.2, -0.15) is 0 Å². The molecule has 1 aliphatic rings. The molecule has 19 heavy (non-hydrogen) atoms. The molecule has 104 valence electrons. The lowest BCUT2D eigenvalue weighted by molar-refractivity contribution is -0.130. The number of amides is 1. The summed E-state index contributed by atoms with van der Waals surface area (Å²) in [5.41, 5.74) is 8.13. The number of carbonyl (C=O) groups is 1. The Morgan fingerprint density at radius 2 is 2.26 bits per heavy atom. The molecule has 0 saturated carbocycles. The first-order chi connectivity index (χ1) is 9.08. The second kappa shape index (κ2) is 6.06. The average molecular weight is 262 g/mol. The van der Waals surface area contributed by atoms with Crippen LogP contribution in [0.4, 0.5) is 0 Å². The average Bonchev–Trinajstić information content (AvgIpc) is 2.81. The number of benzene rings is 1. The molecule has 0 radical (unpaired) electrons. The fourth-order valence-electron chi connectivity index (χ4n) is 2.30. The first kappa shape index (κ1) is 13.9. The lowest BCUT2D eigenvalue weighted by Crippen LogP contribution is -2.32. The van der Waals surface area contributed by atoms with Crippen LogP contribution in [0.3, 0.4) is 0 Å². The molecule has 1 heterocycles. The van der Waals surface area contributed by atoms with Gasteiger partial charge in [0, 0.05) is 19.1 Å². The molecule has 0 aliphatic carbocycles. The summed E-state index contributed by atoms with van der Waals surface area (Å²) in [7, 11) is 0. The zero-order valence-electron chi connectivity index (χ0n) is 11.7. The van der Waals surface area contributed by atoms with Gasteiger partial charge >= 0.3 is 0 Å². The van der Waals surface area contributed by atoms with Crippen LogP contribution >= 0.6 is 0 Å². The van der Waals surface area contributed by atoms with E-state index in [2.05, 4.69) is 13.0 Å². The molecule has 4 heteroatoms. The minimum Gasteiger partial charge on any atom is -0.493 e. The predicted octanol–water partition coefficient (Wildman–Crippen LogP) is 1.63. The monoisotopic (exact) mass is 262 g/mol. The quantitative estimate of drug-likeness (QED) is 0.897. The topological polar surface area (TPSA) is 55.6 Å². The van der Waals surface area contributed by atoms with Crippen LogP contribution in [0.15, 0.2) is 18.2 Å². The highest BCUT2D eigenvalue weighted by Crippen LogP contribution is 2.20. The second-order valence-corrected chi connectivity index (χ2v) is 5.19. The summed E-state index contributed by atoms with van der Waals surface area (Å²) in [6, 6.07) is 6.11. The van der Waals surface area contributed by atoms with E-state index in [1.165, 1.54) is 5.56 Å². The third-order valence-electron chi connectivity index (χ3n) is 3.71. The molecule has 0 unspecified atom stereocenters. The normalized spacial score (nSPS) is 18.7. The van der Waals surface area contributed by atoms with E-state index in [9.17, 15) is 4.79 Å². The molecule has 2 N–H and O–H groups in total. The van der Waals surface area contributed by atoms with Crippen molar-refractivity contribution in [3.63, 3.8) is 0 Å². The van der Waals surface area contributed by atoms with Crippen LogP contribution in [-0.2, 0) is 4.79 Å². The number of nitrogens with zero attached hydrogens (tertiary/aromatic N) is 1. The van der Waals surface area contributed by atoms with Crippen LogP contribution in [-0.4, -0.2) is 36.5 Å². The molecule has 4 nitrogen and oxygen atoms in total. The molecule has 1 saturated heterocycles. The molecule has 1 fully saturated rings. The Kier molecular flexibility index (Phi) is 4.43. The zero-order valence-corrected chi connectivity index (χ0v) is 11.7. The number of hydrogen-bond acceptors (Lipinski definition) is 3. The molecule has 0 bridgehead atoms. The van der Waals surface area contributed by atoms with E-state index < -0.39 is 0 Å². The molecule has 2 rings (SSSR count). The van der Waals surface area contributed by atoms with Crippen molar-refractivity contribution in [3.8, 4) is 5.75 Å². The molecule has 1 aromatic rings. The molecule has 1 amide bonds. The molecule has 1 aliphatic heterocycles. The minimum atomic E-state index is 0.137. The zero-order chi connectivity index (χ0) is 13.8. The molecule has 0 spiro atoms. The van der Waals surface area contributed by atoms with Crippen LogP contribution in [0.25, 0.3) is 0 Å². The number of ether oxygens (including phenoxy) is 1. The van der Waals surface area contributed by atoms with Gasteiger partial charge in [-0.3, -0.25) is 4.79 Å². The standard InChI is InChI=1S/C15H22N2O2/c1-11-4-3-5-14(12(11)2)19-9-7-15(18)17-8-6-13(16)10-17/h3-5,13H,6-10,16H2,1-2H3/t13-/m0/s1. The number of rotatable bonds is 4. The summed E-state index contributed by atoms with van der Waals surface area (Å²) in [4.78, 5) is 13.8. The van der Waals surface area contributed by atoms with Gasteiger partial charge in [0.25, 0.3) is 0 Å². The van der Waals surface area contributed by atoms with Gasteiger partial charge in [0.2, 0.25) is 5.91 Å². The number of likely N-dealkylation sites (tertiary alicyclic amines) is 1. The van der Waals surface area contributed by atoms with Gasteiger partial charge in [-0.25, -0.2) is 0 Å². The van der Waals surface area contributed by atoms with Crippen molar-refractivity contribution in [2.45, 2.75) is 32.7 Å². The summed E-state index contributed by atoms with van der Waals surface area (Å²) < 4.78 is 5.70. The molecule has 0 aromatic heterocycles. The maximum absolute atomic E-state index is 11.9. The number of carbonyl (C=O) groups excluding carboxylic acids is 1. The largest absolute Gasteiger partial charge is 0.493 e. The first-order valence-corrected chi connectivity index (χ1v) is 6.80. The van der Waals surface area contributed by atoms with E-state index >= 15 is 0 Å². The molecular formula is C15H22N2O2. The van der Waals surface area contributed by atoms with Gasteiger partial charge < -0.3 is 15.4 Å². The number of hydrogen-bond donors (Lipinski definition) is 1. The second-order valence-electron chi connectivity index (χ2n) is 5.19. The van der Waals surface area contributed by atoms with E-state index in [-0.39, 0.29) is 11.9 Å². The van der Waals surface area contributed by atoms with E-state index in [1.807, 2.05) is 24.0 Å². The van der Waals surface area contributed by atoms with Crippen molar-refractivity contribution in [1.82, 2.24) is 4.90 Å². The number of aryl methyl sites for hydroxylation is 1. The first-order valence-electron chi connectivity index (χ1n) is 6.80. The van der Waals surface area contributed by atoms with Crippen LogP contribution in [0.2, 0.25) is 0 Å². The highest BCUT2D eigenvalue weighted by Gasteiger charge is 2.23. The summed E-state index contributed by atoms with van der Waals surface area (Å²) >= 11 is 0.